The lowest BCUT2D eigenvalue weighted by molar-refractivity contribution is 0.102. The maximum atomic E-state index is 13.2. The summed E-state index contributed by atoms with van der Waals surface area (Å²) in [4.78, 5) is 19.9. The van der Waals surface area contributed by atoms with Gasteiger partial charge in [0.1, 0.15) is 0 Å². The van der Waals surface area contributed by atoms with Crippen molar-refractivity contribution in [3.63, 3.8) is 0 Å². The Balaban J connectivity index is 1.64. The van der Waals surface area contributed by atoms with Gasteiger partial charge in [-0.1, -0.05) is 18.2 Å². The number of anilines is 1. The number of fused-ring (bicyclic) bond motifs is 1. The van der Waals surface area contributed by atoms with Crippen LogP contribution in [0.25, 0.3) is 11.9 Å². The van der Waals surface area contributed by atoms with Gasteiger partial charge in [0.05, 0.1) is 17.0 Å². The number of carbonyl (C=O) groups excluding carboxylic acids is 1. The Hall–Kier alpha value is -3.21. The van der Waals surface area contributed by atoms with Crippen LogP contribution in [0, 0.1) is 6.92 Å². The van der Waals surface area contributed by atoms with Crippen molar-refractivity contribution in [3.8, 4) is 5.82 Å². The molecule has 0 bridgehead atoms. The van der Waals surface area contributed by atoms with Gasteiger partial charge in [0, 0.05) is 30.5 Å². The number of aryl methyl sites for hydroxylation is 1. The second-order valence-electron chi connectivity index (χ2n) is 7.27. The molecule has 5 heteroatoms. The molecule has 2 aromatic heterocycles. The summed E-state index contributed by atoms with van der Waals surface area (Å²) in [5, 5.41) is 4.60. The van der Waals surface area contributed by atoms with Gasteiger partial charge in [-0.25, -0.2) is 9.67 Å². The van der Waals surface area contributed by atoms with Crippen LogP contribution in [-0.4, -0.2) is 33.6 Å². The summed E-state index contributed by atoms with van der Waals surface area (Å²) in [6.07, 6.45) is 5.26. The van der Waals surface area contributed by atoms with Gasteiger partial charge in [-0.3, -0.25) is 4.79 Å². The number of allylic oxidation sites excluding steroid dienone is 1. The third kappa shape index (κ3) is 3.60. The molecule has 0 aliphatic heterocycles. The van der Waals surface area contributed by atoms with E-state index in [1.54, 1.807) is 6.20 Å². The van der Waals surface area contributed by atoms with Gasteiger partial charge in [-0.15, -0.1) is 0 Å². The first-order valence-electron chi connectivity index (χ1n) is 10.2. The van der Waals surface area contributed by atoms with E-state index in [0.717, 1.165) is 53.4 Å². The van der Waals surface area contributed by atoms with E-state index in [2.05, 4.69) is 53.1 Å². The average Bonchev–Trinajstić information content (AvgIpc) is 3.10. The molecule has 0 N–H and O–H groups in total. The van der Waals surface area contributed by atoms with Crippen LogP contribution in [0.1, 0.15) is 47.6 Å². The molecule has 0 saturated carbocycles. The molecule has 0 spiro atoms. The van der Waals surface area contributed by atoms with Gasteiger partial charge in [0.25, 0.3) is 0 Å². The standard InChI is InChI=1S/C24H26N4O/c1-4-27(5-2)20-12-9-18(10-13-20)16-19-11-14-21-23(24(19)29)17(3)26-28(21)22-8-6-7-15-25-22/h6-10,12-13,15-16H,4-5,11,14H2,1-3H3/b19-16+. The second kappa shape index (κ2) is 8.03. The third-order valence-electron chi connectivity index (χ3n) is 5.53. The van der Waals surface area contributed by atoms with E-state index in [4.69, 9.17) is 0 Å². The fourth-order valence-electron chi connectivity index (χ4n) is 4.01. The van der Waals surface area contributed by atoms with Gasteiger partial charge in [0.2, 0.25) is 0 Å². The highest BCUT2D eigenvalue weighted by atomic mass is 16.1. The number of Topliss-reactive ketones (excluding diaryl/α,β-unsaturated/α-hetero) is 1. The Kier molecular flexibility index (Phi) is 5.30. The van der Waals surface area contributed by atoms with Gasteiger partial charge < -0.3 is 4.90 Å². The maximum Gasteiger partial charge on any atom is 0.192 e. The largest absolute Gasteiger partial charge is 0.372 e. The number of benzene rings is 1. The number of hydrogen-bond donors (Lipinski definition) is 0. The molecule has 1 aliphatic rings. The highest BCUT2D eigenvalue weighted by Gasteiger charge is 2.29. The smallest absolute Gasteiger partial charge is 0.192 e. The first-order valence-corrected chi connectivity index (χ1v) is 10.2. The summed E-state index contributed by atoms with van der Waals surface area (Å²) in [6, 6.07) is 14.2. The van der Waals surface area contributed by atoms with Crippen molar-refractivity contribution < 1.29 is 4.79 Å². The molecule has 1 aromatic carbocycles. The topological polar surface area (TPSA) is 51.0 Å². The molecule has 0 fully saturated rings. The molecule has 0 amide bonds. The molecule has 0 atom stereocenters. The summed E-state index contributed by atoms with van der Waals surface area (Å²) in [6.45, 7) is 8.18. The minimum Gasteiger partial charge on any atom is -0.372 e. The van der Waals surface area contributed by atoms with Crippen LogP contribution in [0.4, 0.5) is 5.69 Å². The highest BCUT2D eigenvalue weighted by molar-refractivity contribution is 6.13. The SMILES string of the molecule is CCN(CC)c1ccc(/C=C2\CCc3c(c(C)nn3-c3ccccn3)C2=O)cc1. The van der Waals surface area contributed by atoms with E-state index >= 15 is 0 Å². The fraction of sp³-hybridized carbons (Fsp3) is 0.292. The first-order chi connectivity index (χ1) is 14.1. The molecule has 1 aliphatic carbocycles. The maximum absolute atomic E-state index is 13.2. The Bertz CT molecular complexity index is 1040. The molecule has 0 unspecified atom stereocenters. The number of pyridine rings is 1. The normalized spacial score (nSPS) is 14.9. The fourth-order valence-corrected chi connectivity index (χ4v) is 4.01. The zero-order chi connectivity index (χ0) is 20.4. The summed E-state index contributed by atoms with van der Waals surface area (Å²) in [7, 11) is 0. The van der Waals surface area contributed by atoms with Crippen molar-refractivity contribution in [1.29, 1.82) is 0 Å². The van der Waals surface area contributed by atoms with E-state index in [-0.39, 0.29) is 5.78 Å². The number of rotatable bonds is 5. The molecule has 4 rings (SSSR count). The van der Waals surface area contributed by atoms with Crippen molar-refractivity contribution in [2.24, 2.45) is 0 Å². The number of hydrogen-bond acceptors (Lipinski definition) is 4. The van der Waals surface area contributed by atoms with Crippen LogP contribution in [-0.2, 0) is 6.42 Å². The van der Waals surface area contributed by atoms with Crippen LogP contribution in [0.5, 0.6) is 0 Å². The Morgan fingerprint density at radius 1 is 1.07 bits per heavy atom. The zero-order valence-electron chi connectivity index (χ0n) is 17.2. The van der Waals surface area contributed by atoms with Gasteiger partial charge in [-0.2, -0.15) is 5.10 Å². The molecule has 148 valence electrons. The van der Waals surface area contributed by atoms with Crippen LogP contribution in [0.2, 0.25) is 0 Å². The predicted molar refractivity (Wildman–Crippen MR) is 117 cm³/mol. The van der Waals surface area contributed by atoms with Crippen molar-refractivity contribution in [3.05, 3.63) is 76.7 Å². The molecule has 2 heterocycles. The van der Waals surface area contributed by atoms with Crippen molar-refractivity contribution in [2.45, 2.75) is 33.6 Å². The quantitative estimate of drug-likeness (QED) is 0.600. The van der Waals surface area contributed by atoms with Crippen molar-refractivity contribution in [1.82, 2.24) is 14.8 Å². The van der Waals surface area contributed by atoms with E-state index in [1.165, 1.54) is 5.69 Å². The summed E-state index contributed by atoms with van der Waals surface area (Å²) in [5.74, 6) is 0.836. The van der Waals surface area contributed by atoms with Gasteiger partial charge in [0.15, 0.2) is 11.6 Å². The highest BCUT2D eigenvalue weighted by Crippen LogP contribution is 2.30. The summed E-state index contributed by atoms with van der Waals surface area (Å²) >= 11 is 0. The van der Waals surface area contributed by atoms with Crippen molar-refractivity contribution >= 4 is 17.5 Å². The monoisotopic (exact) mass is 386 g/mol. The molecule has 0 saturated heterocycles. The molecule has 5 nitrogen and oxygen atoms in total. The minimum atomic E-state index is 0.0822. The predicted octanol–water partition coefficient (Wildman–Crippen LogP) is 4.63. The number of nitrogens with zero attached hydrogens (tertiary/aromatic N) is 4. The third-order valence-corrected chi connectivity index (χ3v) is 5.53. The Morgan fingerprint density at radius 2 is 1.83 bits per heavy atom. The van der Waals surface area contributed by atoms with Gasteiger partial charge in [-0.05, 0) is 69.5 Å². The van der Waals surface area contributed by atoms with E-state index in [9.17, 15) is 4.79 Å². The molecule has 0 radical (unpaired) electrons. The lowest BCUT2D eigenvalue weighted by atomic mass is 9.88. The summed E-state index contributed by atoms with van der Waals surface area (Å²) < 4.78 is 1.82. The van der Waals surface area contributed by atoms with Crippen LogP contribution in [0.15, 0.2) is 54.2 Å². The van der Waals surface area contributed by atoms with Gasteiger partial charge >= 0.3 is 0 Å². The lowest BCUT2D eigenvalue weighted by Gasteiger charge is -2.21. The Morgan fingerprint density at radius 3 is 2.48 bits per heavy atom. The number of carbonyl (C=O) groups is 1. The van der Waals surface area contributed by atoms with E-state index in [0.29, 0.717) is 6.42 Å². The first kappa shape index (κ1) is 19.1. The van der Waals surface area contributed by atoms with Crippen LogP contribution in [0.3, 0.4) is 0 Å². The van der Waals surface area contributed by atoms with Crippen LogP contribution < -0.4 is 4.90 Å². The molecule has 3 aromatic rings. The summed E-state index contributed by atoms with van der Waals surface area (Å²) in [5.41, 5.74) is 5.56. The molecule has 29 heavy (non-hydrogen) atoms. The average molecular weight is 386 g/mol. The second-order valence-corrected chi connectivity index (χ2v) is 7.27. The number of ketones is 1. The number of aromatic nitrogens is 3. The van der Waals surface area contributed by atoms with E-state index in [1.807, 2.05) is 35.9 Å². The minimum absolute atomic E-state index is 0.0822. The van der Waals surface area contributed by atoms with E-state index < -0.39 is 0 Å². The zero-order valence-corrected chi connectivity index (χ0v) is 17.2. The van der Waals surface area contributed by atoms with Crippen LogP contribution >= 0.6 is 0 Å². The molecular formula is C24H26N4O. The lowest BCUT2D eigenvalue weighted by Crippen LogP contribution is -2.21. The Labute approximate surface area is 171 Å². The van der Waals surface area contributed by atoms with Crippen molar-refractivity contribution in [2.75, 3.05) is 18.0 Å². The molecular weight excluding hydrogens is 360 g/mol.